The minimum Gasteiger partial charge on any atom is -0.483 e. The van der Waals surface area contributed by atoms with E-state index in [0.717, 1.165) is 22.4 Å². The maximum Gasteiger partial charge on any atom is 0.356 e. The molecule has 27 heavy (non-hydrogen) atoms. The van der Waals surface area contributed by atoms with Crippen molar-refractivity contribution in [1.82, 2.24) is 20.2 Å². The second-order valence-electron chi connectivity index (χ2n) is 5.88. The second-order valence-corrected chi connectivity index (χ2v) is 7.49. The largest absolute Gasteiger partial charge is 0.483 e. The molecule has 0 aliphatic carbocycles. The Balaban J connectivity index is 0.000000817. The first-order valence-electron chi connectivity index (χ1n) is 7.94. The molecule has 144 valence electrons. The molecule has 0 bridgehead atoms. The first-order valence-corrected chi connectivity index (χ1v) is 9.55. The van der Waals surface area contributed by atoms with Gasteiger partial charge in [0.05, 0.1) is 11.5 Å². The van der Waals surface area contributed by atoms with Crippen molar-refractivity contribution in [3.8, 4) is 0 Å². The number of fused-ring (bicyclic) bond motifs is 1. The summed E-state index contributed by atoms with van der Waals surface area (Å²) in [7, 11) is -4.21. The molecule has 0 saturated carbocycles. The highest BCUT2D eigenvalue weighted by Crippen LogP contribution is 2.32. The lowest BCUT2D eigenvalue weighted by Gasteiger charge is -2.11. The normalized spacial score (nSPS) is 11.1. The summed E-state index contributed by atoms with van der Waals surface area (Å²) in [4.78, 5) is 35.6. The van der Waals surface area contributed by atoms with Gasteiger partial charge in [-0.2, -0.15) is 5.10 Å². The van der Waals surface area contributed by atoms with Crippen LogP contribution in [-0.2, 0) is 15.9 Å². The van der Waals surface area contributed by atoms with E-state index in [9.17, 15) is 4.57 Å². The highest BCUT2D eigenvalue weighted by molar-refractivity contribution is 7.60. The lowest BCUT2D eigenvalue weighted by atomic mass is 10.2. The zero-order chi connectivity index (χ0) is 20.0. The fourth-order valence-electron chi connectivity index (χ4n) is 2.24. The summed E-state index contributed by atoms with van der Waals surface area (Å²) in [6.07, 6.45) is 1.66. The third-order valence-electron chi connectivity index (χ3n) is 3.57. The van der Waals surface area contributed by atoms with Crippen LogP contribution in [0.5, 0.6) is 0 Å². The van der Waals surface area contributed by atoms with Crippen molar-refractivity contribution in [3.05, 3.63) is 41.9 Å². The average Bonchev–Trinajstić information content (AvgIpc) is 3.08. The van der Waals surface area contributed by atoms with Crippen LogP contribution in [0, 0.1) is 0 Å². The molecule has 0 fully saturated rings. The Morgan fingerprint density at radius 3 is 2.41 bits per heavy atom. The molecule has 0 radical (unpaired) electrons. The quantitative estimate of drug-likeness (QED) is 0.320. The monoisotopic (exact) mass is 393 g/mol. The number of aromatic amines is 1. The van der Waals surface area contributed by atoms with Crippen molar-refractivity contribution in [2.75, 3.05) is 5.32 Å². The Kier molecular flexibility index (Phi) is 6.62. The van der Waals surface area contributed by atoms with Crippen LogP contribution in [0.1, 0.15) is 31.2 Å². The molecule has 11 heteroatoms. The van der Waals surface area contributed by atoms with Crippen LogP contribution in [0.2, 0.25) is 0 Å². The number of carbonyl (C=O) groups is 1. The van der Waals surface area contributed by atoms with Gasteiger partial charge < -0.3 is 20.2 Å². The summed E-state index contributed by atoms with van der Waals surface area (Å²) in [6.45, 7) is 4.25. The van der Waals surface area contributed by atoms with E-state index in [1.807, 2.05) is 13.8 Å². The first-order chi connectivity index (χ1) is 12.8. The van der Waals surface area contributed by atoms with Gasteiger partial charge in [0.2, 0.25) is 0 Å². The summed E-state index contributed by atoms with van der Waals surface area (Å²) < 4.78 is 11.2. The van der Waals surface area contributed by atoms with Gasteiger partial charge in [0, 0.05) is 12.5 Å². The predicted octanol–water partition coefficient (Wildman–Crippen LogP) is 1.59. The maximum atomic E-state index is 11.2. The number of anilines is 1. The summed E-state index contributed by atoms with van der Waals surface area (Å²) in [5, 5.41) is 17.0. The Bertz CT molecular complexity index is 951. The number of H-pyrrole nitrogens is 1. The minimum atomic E-state index is -4.21. The van der Waals surface area contributed by atoms with E-state index in [2.05, 4.69) is 25.5 Å². The van der Waals surface area contributed by atoms with Crippen molar-refractivity contribution in [3.63, 3.8) is 0 Å². The average molecular weight is 393 g/mol. The molecule has 0 spiro atoms. The van der Waals surface area contributed by atoms with Gasteiger partial charge in [-0.1, -0.05) is 26.0 Å². The lowest BCUT2D eigenvalue weighted by Crippen LogP contribution is -2.08. The van der Waals surface area contributed by atoms with E-state index >= 15 is 0 Å². The standard InChI is InChI=1S/C15H18N5O3P.CH2O2/c1-9(2)14-18-12-8-17-20-13(12)15(19-14)16-7-10-3-5-11(6-4-10)24(21,22)23;2-1-3/h3-6,8-9H,7H2,1-2H3,(H,17,20)(H,16,18,19)(H2,21,22,23);1H,(H,2,3). The fraction of sp³-hybridized carbons (Fsp3) is 0.250. The molecule has 1 aromatic carbocycles. The van der Waals surface area contributed by atoms with Crippen molar-refractivity contribution in [2.24, 2.45) is 0 Å². The van der Waals surface area contributed by atoms with Gasteiger partial charge in [-0.15, -0.1) is 0 Å². The van der Waals surface area contributed by atoms with Gasteiger partial charge in [-0.05, 0) is 17.7 Å². The molecule has 3 rings (SSSR count). The number of nitrogens with one attached hydrogen (secondary N) is 2. The van der Waals surface area contributed by atoms with Gasteiger partial charge in [-0.25, -0.2) is 9.97 Å². The molecule has 0 amide bonds. The summed E-state index contributed by atoms with van der Waals surface area (Å²) in [6, 6.07) is 6.22. The Hall–Kier alpha value is -2.81. The number of benzene rings is 1. The number of aromatic nitrogens is 4. The van der Waals surface area contributed by atoms with Crippen LogP contribution in [-0.4, -0.2) is 41.5 Å². The maximum absolute atomic E-state index is 11.2. The second kappa shape index (κ2) is 8.72. The number of rotatable bonds is 5. The fourth-order valence-corrected chi connectivity index (χ4v) is 2.78. The number of hydrogen-bond acceptors (Lipinski definition) is 6. The minimum absolute atomic E-state index is 0.00587. The van der Waals surface area contributed by atoms with Crippen LogP contribution in [0.15, 0.2) is 30.5 Å². The van der Waals surface area contributed by atoms with Gasteiger partial charge in [0.1, 0.15) is 16.9 Å². The molecule has 0 aliphatic heterocycles. The highest BCUT2D eigenvalue weighted by atomic mass is 31.2. The molecule has 2 aromatic heterocycles. The Labute approximate surface area is 154 Å². The molecule has 0 aliphatic rings. The smallest absolute Gasteiger partial charge is 0.356 e. The van der Waals surface area contributed by atoms with E-state index in [1.165, 1.54) is 12.1 Å². The molecule has 0 unspecified atom stereocenters. The number of nitrogens with zero attached hydrogens (tertiary/aromatic N) is 3. The van der Waals surface area contributed by atoms with Crippen molar-refractivity contribution in [2.45, 2.75) is 26.3 Å². The van der Waals surface area contributed by atoms with Crippen molar-refractivity contribution in [1.29, 1.82) is 0 Å². The van der Waals surface area contributed by atoms with Crippen molar-refractivity contribution < 1.29 is 24.3 Å². The zero-order valence-corrected chi connectivity index (χ0v) is 15.6. The highest BCUT2D eigenvalue weighted by Gasteiger charge is 2.16. The number of carboxylic acid groups (broad SMARTS) is 1. The van der Waals surface area contributed by atoms with Gasteiger partial charge in [-0.3, -0.25) is 14.5 Å². The topological polar surface area (TPSA) is 161 Å². The molecule has 2 heterocycles. The van der Waals surface area contributed by atoms with E-state index in [4.69, 9.17) is 19.7 Å². The number of hydrogen-bond donors (Lipinski definition) is 5. The van der Waals surface area contributed by atoms with E-state index in [-0.39, 0.29) is 17.7 Å². The van der Waals surface area contributed by atoms with Gasteiger partial charge in [0.15, 0.2) is 5.82 Å². The lowest BCUT2D eigenvalue weighted by molar-refractivity contribution is -0.122. The van der Waals surface area contributed by atoms with Gasteiger partial charge in [0.25, 0.3) is 6.47 Å². The van der Waals surface area contributed by atoms with Crippen LogP contribution >= 0.6 is 7.60 Å². The van der Waals surface area contributed by atoms with Crippen molar-refractivity contribution >= 4 is 36.2 Å². The van der Waals surface area contributed by atoms with Crippen LogP contribution in [0.4, 0.5) is 5.82 Å². The Morgan fingerprint density at radius 2 is 1.85 bits per heavy atom. The van der Waals surface area contributed by atoms with Crippen LogP contribution in [0.25, 0.3) is 11.0 Å². The third-order valence-corrected chi connectivity index (χ3v) is 4.54. The molecular weight excluding hydrogens is 373 g/mol. The molecule has 5 N–H and O–H groups in total. The van der Waals surface area contributed by atoms with E-state index < -0.39 is 7.60 Å². The van der Waals surface area contributed by atoms with E-state index in [1.54, 1.807) is 18.3 Å². The molecule has 0 saturated heterocycles. The molecule has 10 nitrogen and oxygen atoms in total. The van der Waals surface area contributed by atoms with Gasteiger partial charge >= 0.3 is 7.60 Å². The van der Waals surface area contributed by atoms with E-state index in [0.29, 0.717) is 12.4 Å². The molecular formula is C16H20N5O5P. The zero-order valence-electron chi connectivity index (χ0n) is 14.7. The molecule has 0 atom stereocenters. The third kappa shape index (κ3) is 5.33. The SMILES string of the molecule is CC(C)c1nc(NCc2ccc(P(=O)(O)O)cc2)c2[nH]ncc2n1.O=CO. The van der Waals surface area contributed by atoms with Crippen LogP contribution in [0.3, 0.4) is 0 Å². The predicted molar refractivity (Wildman–Crippen MR) is 99.9 cm³/mol. The first kappa shape index (κ1) is 20.5. The Morgan fingerprint density at radius 1 is 1.22 bits per heavy atom. The van der Waals surface area contributed by atoms with Crippen LogP contribution < -0.4 is 10.6 Å². The summed E-state index contributed by atoms with van der Waals surface area (Å²) >= 11 is 0. The molecule has 3 aromatic rings. The summed E-state index contributed by atoms with van der Waals surface area (Å²) in [5.41, 5.74) is 2.35. The summed E-state index contributed by atoms with van der Waals surface area (Å²) in [5.74, 6) is 1.57.